The summed E-state index contributed by atoms with van der Waals surface area (Å²) in [5.74, 6) is -5.41. The summed E-state index contributed by atoms with van der Waals surface area (Å²) in [6.07, 6.45) is -8.21. The third kappa shape index (κ3) is 13.5. The predicted octanol–water partition coefficient (Wildman–Crippen LogP) is 8.98. The average molecular weight is 1070 g/mol. The smallest absolute Gasteiger partial charge is 0.338 e. The molecule has 0 aliphatic carbocycles. The Hall–Kier alpha value is -4.33. The standard InChI is InChI=1S/C61H87NO15/c1-16-46-61(66,34-42-26-20-17-21-27-42)52-38(4)48(76-58(8,9)77-52)36(2)33-59(10,67-14)51(75-57-50(45(62(12)13)32-37(3)69-57)73-55(64)43-28-22-18-23-29-43)39(5)49(40(6)54(63)71-46)72-47-35-60(11,68-15)53(41(7)70-47)74-56(65)44-30-24-19-25-31-44/h17-31,36-41,45-53,57,66H,16,32-35H2,1-15H3/t36-,37-,38+,39+,40-,41+,45+,46-,47?,48+,49+,50-,51-,52-,53+,57?,59+,60-,61-/m1/s1. The van der Waals surface area contributed by atoms with Crippen LogP contribution in [-0.2, 0) is 63.3 Å². The van der Waals surface area contributed by atoms with E-state index < -0.39 is 120 Å². The van der Waals surface area contributed by atoms with Crippen molar-refractivity contribution in [3.05, 3.63) is 108 Å². The van der Waals surface area contributed by atoms with E-state index in [1.165, 1.54) is 0 Å². The Morgan fingerprint density at radius 1 is 0.701 bits per heavy atom. The zero-order chi connectivity index (χ0) is 56.2. The van der Waals surface area contributed by atoms with Gasteiger partial charge < -0.3 is 62.1 Å². The second kappa shape index (κ2) is 25.0. The molecule has 0 aromatic heterocycles. The van der Waals surface area contributed by atoms with Gasteiger partial charge in [-0.15, -0.1) is 0 Å². The highest BCUT2D eigenvalue weighted by atomic mass is 16.7. The molecular weight excluding hydrogens is 987 g/mol. The first-order valence-corrected chi connectivity index (χ1v) is 27.6. The molecule has 19 atom stereocenters. The fourth-order valence-electron chi connectivity index (χ4n) is 12.7. The molecule has 3 aromatic rings. The number of aliphatic hydroxyl groups is 1. The summed E-state index contributed by atoms with van der Waals surface area (Å²) < 4.78 is 74.1. The minimum Gasteiger partial charge on any atom is -0.459 e. The molecule has 3 aromatic carbocycles. The van der Waals surface area contributed by atoms with Gasteiger partial charge in [0.25, 0.3) is 0 Å². The predicted molar refractivity (Wildman–Crippen MR) is 288 cm³/mol. The maximum atomic E-state index is 15.4. The molecule has 1 N–H and O–H groups in total. The van der Waals surface area contributed by atoms with Crippen LogP contribution in [-0.4, -0.2) is 152 Å². The van der Waals surface area contributed by atoms with Crippen LogP contribution in [0.3, 0.4) is 0 Å². The summed E-state index contributed by atoms with van der Waals surface area (Å²) in [5, 5.41) is 13.5. The number of esters is 3. The van der Waals surface area contributed by atoms with Crippen LogP contribution in [0.4, 0.5) is 0 Å². The maximum Gasteiger partial charge on any atom is 0.338 e. The van der Waals surface area contributed by atoms with Crippen molar-refractivity contribution in [3.63, 3.8) is 0 Å². The summed E-state index contributed by atoms with van der Waals surface area (Å²) in [6.45, 7) is 20.9. The summed E-state index contributed by atoms with van der Waals surface area (Å²) in [4.78, 5) is 45.0. The number of carbonyl (C=O) groups excluding carboxylic acids is 3. The monoisotopic (exact) mass is 1070 g/mol. The van der Waals surface area contributed by atoms with Gasteiger partial charge in [0.15, 0.2) is 30.6 Å². The Kier molecular flexibility index (Phi) is 19.6. The third-order valence-corrected chi connectivity index (χ3v) is 16.8. The van der Waals surface area contributed by atoms with Crippen molar-refractivity contribution in [1.29, 1.82) is 0 Å². The Morgan fingerprint density at radius 3 is 1.82 bits per heavy atom. The fourth-order valence-corrected chi connectivity index (χ4v) is 12.7. The minimum atomic E-state index is -1.75. The first kappa shape index (κ1) is 60.3. The average Bonchev–Trinajstić information content (AvgIpc) is 3.40. The lowest BCUT2D eigenvalue weighted by Gasteiger charge is -2.55. The number of rotatable bonds is 14. The van der Waals surface area contributed by atoms with Crippen molar-refractivity contribution >= 4 is 17.9 Å². The quantitative estimate of drug-likeness (QED) is 0.119. The van der Waals surface area contributed by atoms with E-state index in [0.717, 1.165) is 5.56 Å². The lowest BCUT2D eigenvalue weighted by atomic mass is 9.71. The van der Waals surface area contributed by atoms with Crippen molar-refractivity contribution in [1.82, 2.24) is 4.90 Å². The number of cyclic esters (lactones) is 1. The van der Waals surface area contributed by atoms with Gasteiger partial charge in [0, 0.05) is 38.9 Å². The topological polar surface area (TPSA) is 176 Å². The van der Waals surface area contributed by atoms with E-state index in [1.807, 2.05) is 117 Å². The van der Waals surface area contributed by atoms with Crippen LogP contribution in [0.2, 0.25) is 0 Å². The molecule has 4 fully saturated rings. The lowest BCUT2D eigenvalue weighted by molar-refractivity contribution is -0.363. The third-order valence-electron chi connectivity index (χ3n) is 16.8. The zero-order valence-electron chi connectivity index (χ0n) is 48.0. The molecule has 4 aliphatic rings. The normalized spacial score (nSPS) is 38.9. The lowest BCUT2D eigenvalue weighted by Crippen LogP contribution is -2.66. The molecule has 4 saturated heterocycles. The number of benzene rings is 3. The number of fused-ring (bicyclic) bond motifs is 2. The number of carbonyl (C=O) groups is 3. The highest BCUT2D eigenvalue weighted by Crippen LogP contribution is 2.47. The molecule has 4 heterocycles. The van der Waals surface area contributed by atoms with Crippen molar-refractivity contribution in [2.24, 2.45) is 23.7 Å². The van der Waals surface area contributed by atoms with Gasteiger partial charge in [-0.3, -0.25) is 4.79 Å². The van der Waals surface area contributed by atoms with Gasteiger partial charge in [-0.25, -0.2) is 9.59 Å². The first-order chi connectivity index (χ1) is 36.4. The summed E-state index contributed by atoms with van der Waals surface area (Å²) in [5.41, 5.74) is -2.49. The zero-order valence-corrected chi connectivity index (χ0v) is 48.0. The Labute approximate surface area is 457 Å². The summed E-state index contributed by atoms with van der Waals surface area (Å²) in [7, 11) is 7.05. The molecule has 426 valence electrons. The van der Waals surface area contributed by atoms with Gasteiger partial charge in [0.2, 0.25) is 0 Å². The molecule has 77 heavy (non-hydrogen) atoms. The maximum absolute atomic E-state index is 15.4. The van der Waals surface area contributed by atoms with Crippen molar-refractivity contribution in [2.45, 2.75) is 204 Å². The van der Waals surface area contributed by atoms with Gasteiger partial charge >= 0.3 is 17.9 Å². The number of nitrogens with zero attached hydrogens (tertiary/aromatic N) is 1. The molecule has 0 spiro atoms. The molecule has 16 heteroatoms. The number of ether oxygens (including phenoxy) is 11. The van der Waals surface area contributed by atoms with Gasteiger partial charge in [-0.05, 0) is 118 Å². The second-order valence-electron chi connectivity index (χ2n) is 23.4. The van der Waals surface area contributed by atoms with Gasteiger partial charge in [-0.1, -0.05) is 94.4 Å². The molecule has 4 aliphatic heterocycles. The Balaban J connectivity index is 1.35. The first-order valence-electron chi connectivity index (χ1n) is 27.6. The van der Waals surface area contributed by atoms with Crippen molar-refractivity contribution in [3.8, 4) is 0 Å². The largest absolute Gasteiger partial charge is 0.459 e. The van der Waals surface area contributed by atoms with Crippen molar-refractivity contribution < 1.29 is 71.6 Å². The molecule has 0 radical (unpaired) electrons. The van der Waals surface area contributed by atoms with Crippen LogP contribution in [0.1, 0.15) is 128 Å². The number of hydrogen-bond donors (Lipinski definition) is 1. The van der Waals surface area contributed by atoms with Crippen LogP contribution in [0.5, 0.6) is 0 Å². The van der Waals surface area contributed by atoms with Crippen LogP contribution in [0.25, 0.3) is 0 Å². The summed E-state index contributed by atoms with van der Waals surface area (Å²) in [6, 6.07) is 26.8. The number of hydrogen-bond acceptors (Lipinski definition) is 16. The summed E-state index contributed by atoms with van der Waals surface area (Å²) >= 11 is 0. The van der Waals surface area contributed by atoms with E-state index in [1.54, 1.807) is 76.6 Å². The fraction of sp³-hybridized carbons (Fsp3) is 0.656. The second-order valence-corrected chi connectivity index (χ2v) is 23.4. The number of likely N-dealkylation sites (N-methyl/N-ethyl adjacent to an activating group) is 1. The van der Waals surface area contributed by atoms with Crippen LogP contribution in [0.15, 0.2) is 91.0 Å². The molecular formula is C61H87NO15. The van der Waals surface area contributed by atoms with E-state index in [9.17, 15) is 14.7 Å². The molecule has 2 unspecified atom stereocenters. The van der Waals surface area contributed by atoms with E-state index in [2.05, 4.69) is 6.92 Å². The molecule has 2 bridgehead atoms. The van der Waals surface area contributed by atoms with E-state index in [4.69, 9.17) is 52.1 Å². The molecule has 0 saturated carbocycles. The van der Waals surface area contributed by atoms with Gasteiger partial charge in [-0.2, -0.15) is 0 Å². The van der Waals surface area contributed by atoms with Crippen molar-refractivity contribution in [2.75, 3.05) is 28.3 Å². The highest BCUT2D eigenvalue weighted by Gasteiger charge is 2.59. The van der Waals surface area contributed by atoms with E-state index >= 15 is 4.79 Å². The highest BCUT2D eigenvalue weighted by molar-refractivity contribution is 5.90. The Bertz CT molecular complexity index is 2390. The van der Waals surface area contributed by atoms with Gasteiger partial charge in [0.05, 0.1) is 65.3 Å². The van der Waals surface area contributed by atoms with E-state index in [0.29, 0.717) is 24.0 Å². The van der Waals surface area contributed by atoms with Crippen LogP contribution < -0.4 is 0 Å². The van der Waals surface area contributed by atoms with Crippen LogP contribution >= 0.6 is 0 Å². The molecule has 7 rings (SSSR count). The van der Waals surface area contributed by atoms with Crippen LogP contribution in [0, 0.1) is 23.7 Å². The minimum absolute atomic E-state index is 0.0844. The molecule has 16 nitrogen and oxygen atoms in total. The molecule has 0 amide bonds. The van der Waals surface area contributed by atoms with E-state index in [-0.39, 0.29) is 37.3 Å². The number of methoxy groups -OCH3 is 2. The Morgan fingerprint density at radius 2 is 1.26 bits per heavy atom. The van der Waals surface area contributed by atoms with Gasteiger partial charge in [0.1, 0.15) is 17.3 Å². The SMILES string of the molecule is CC[C@H]1OC(=O)[C@H](C)[C@@H](OC2C[C@@](C)(OC)[C@@H](OC(=O)c3ccccc3)[C@H](C)O2)[C@H](C)[C@@H](OC2O[C@H](C)C[C@H](N(C)C)[C@H]2OC(=O)c2ccccc2)[C@@](C)(OC)C[C@@H](C)[C@@H]2OC(C)(C)O[C@H]([C@H]2C)[C@@]1(O)Cc1ccccc1.